The molecular weight excluding hydrogens is 272 g/mol. The topological polar surface area (TPSA) is 57.4 Å². The van der Waals surface area contributed by atoms with E-state index in [9.17, 15) is 0 Å². The Kier molecular flexibility index (Phi) is 4.06. The summed E-state index contributed by atoms with van der Waals surface area (Å²) in [5.41, 5.74) is 6.91. The van der Waals surface area contributed by atoms with E-state index >= 15 is 0 Å². The molecule has 0 bridgehead atoms. The van der Waals surface area contributed by atoms with E-state index in [0.29, 0.717) is 16.5 Å². The molecule has 0 aliphatic rings. The van der Waals surface area contributed by atoms with Gasteiger partial charge in [-0.25, -0.2) is 4.98 Å². The van der Waals surface area contributed by atoms with Crippen molar-refractivity contribution in [2.45, 2.75) is 6.04 Å². The maximum Gasteiger partial charge on any atom is 0.179 e. The summed E-state index contributed by atoms with van der Waals surface area (Å²) in [6.07, 6.45) is 1.72. The minimum Gasteiger partial charge on any atom is -0.493 e. The Labute approximate surface area is 114 Å². The lowest BCUT2D eigenvalue weighted by atomic mass is 10.1. The second kappa shape index (κ2) is 5.56. The highest BCUT2D eigenvalue weighted by atomic mass is 35.5. The minimum absolute atomic E-state index is 0.364. The highest BCUT2D eigenvalue weighted by molar-refractivity contribution is 7.09. The van der Waals surface area contributed by atoms with E-state index in [0.717, 1.165) is 10.6 Å². The average Bonchev–Trinajstić information content (AvgIpc) is 2.91. The monoisotopic (exact) mass is 284 g/mol. The molecule has 1 aromatic carbocycles. The van der Waals surface area contributed by atoms with E-state index < -0.39 is 0 Å². The highest BCUT2D eigenvalue weighted by Crippen LogP contribution is 2.40. The zero-order chi connectivity index (χ0) is 13.1. The van der Waals surface area contributed by atoms with Gasteiger partial charge in [-0.05, 0) is 11.6 Å². The van der Waals surface area contributed by atoms with Crippen LogP contribution in [0.15, 0.2) is 23.7 Å². The van der Waals surface area contributed by atoms with Gasteiger partial charge in [-0.15, -0.1) is 11.3 Å². The molecule has 1 atom stereocenters. The van der Waals surface area contributed by atoms with Crippen molar-refractivity contribution < 1.29 is 9.47 Å². The van der Waals surface area contributed by atoms with Crippen LogP contribution in [0, 0.1) is 0 Å². The third-order valence-electron chi connectivity index (χ3n) is 2.57. The summed E-state index contributed by atoms with van der Waals surface area (Å²) in [5, 5.41) is 3.15. The number of ether oxygens (including phenoxy) is 2. The van der Waals surface area contributed by atoms with Gasteiger partial charge >= 0.3 is 0 Å². The molecule has 0 amide bonds. The molecule has 2 N–H and O–H groups in total. The van der Waals surface area contributed by atoms with Gasteiger partial charge in [0.05, 0.1) is 25.3 Å². The van der Waals surface area contributed by atoms with Crippen molar-refractivity contribution in [3.63, 3.8) is 0 Å². The van der Waals surface area contributed by atoms with E-state index in [1.54, 1.807) is 26.5 Å². The van der Waals surface area contributed by atoms with Crippen molar-refractivity contribution in [3.8, 4) is 11.5 Å². The van der Waals surface area contributed by atoms with Crippen LogP contribution < -0.4 is 15.2 Å². The fourth-order valence-corrected chi connectivity index (χ4v) is 2.67. The summed E-state index contributed by atoms with van der Waals surface area (Å²) in [5.74, 6) is 1.07. The first-order chi connectivity index (χ1) is 8.69. The van der Waals surface area contributed by atoms with Crippen LogP contribution in [0.4, 0.5) is 0 Å². The van der Waals surface area contributed by atoms with Crippen molar-refractivity contribution in [3.05, 3.63) is 39.3 Å². The summed E-state index contributed by atoms with van der Waals surface area (Å²) < 4.78 is 10.4. The van der Waals surface area contributed by atoms with Gasteiger partial charge < -0.3 is 15.2 Å². The van der Waals surface area contributed by atoms with Crippen LogP contribution in [-0.2, 0) is 0 Å². The normalized spacial score (nSPS) is 12.2. The number of aromatic nitrogens is 1. The molecule has 0 saturated carbocycles. The fourth-order valence-electron chi connectivity index (χ4n) is 1.67. The maximum atomic E-state index is 6.30. The molecule has 0 saturated heterocycles. The molecule has 96 valence electrons. The van der Waals surface area contributed by atoms with E-state index in [-0.39, 0.29) is 6.04 Å². The number of halogens is 1. The summed E-state index contributed by atoms with van der Waals surface area (Å²) in [6.45, 7) is 0. The molecule has 0 fully saturated rings. The van der Waals surface area contributed by atoms with Crippen LogP contribution in [-0.4, -0.2) is 19.2 Å². The molecule has 4 nitrogen and oxygen atoms in total. The fraction of sp³-hybridized carbons (Fsp3) is 0.250. The lowest BCUT2D eigenvalue weighted by Gasteiger charge is -2.16. The number of thiazole rings is 1. The summed E-state index contributed by atoms with van der Waals surface area (Å²) >= 11 is 7.79. The second-order valence-corrected chi connectivity index (χ2v) is 4.86. The predicted molar refractivity (Wildman–Crippen MR) is 72.7 cm³/mol. The van der Waals surface area contributed by atoms with Crippen LogP contribution in [0.1, 0.15) is 16.6 Å². The summed E-state index contributed by atoms with van der Waals surface area (Å²) in [6, 6.07) is 3.25. The van der Waals surface area contributed by atoms with E-state index in [1.807, 2.05) is 11.4 Å². The number of hydrogen-bond acceptors (Lipinski definition) is 5. The van der Waals surface area contributed by atoms with Crippen LogP contribution >= 0.6 is 22.9 Å². The van der Waals surface area contributed by atoms with Crippen LogP contribution in [0.25, 0.3) is 0 Å². The standard InChI is InChI=1S/C12H13ClN2O2S/c1-16-8-4-3-7(9(13)11(8)17-2)10(14)12-15-5-6-18-12/h3-6,10H,14H2,1-2H3. The zero-order valence-electron chi connectivity index (χ0n) is 10.0. The van der Waals surface area contributed by atoms with Crippen LogP contribution in [0.2, 0.25) is 5.02 Å². The summed E-state index contributed by atoms with van der Waals surface area (Å²) in [4.78, 5) is 4.19. The lowest BCUT2D eigenvalue weighted by molar-refractivity contribution is 0.354. The van der Waals surface area contributed by atoms with Gasteiger partial charge in [-0.3, -0.25) is 0 Å². The summed E-state index contributed by atoms with van der Waals surface area (Å²) in [7, 11) is 3.11. The first kappa shape index (κ1) is 13.1. The molecule has 2 aromatic rings. The Balaban J connectivity index is 2.46. The Bertz CT molecular complexity index is 531. The first-order valence-corrected chi connectivity index (χ1v) is 6.50. The first-order valence-electron chi connectivity index (χ1n) is 5.24. The van der Waals surface area contributed by atoms with Crippen LogP contribution in [0.3, 0.4) is 0 Å². The number of methoxy groups -OCH3 is 2. The van der Waals surface area contributed by atoms with Crippen molar-refractivity contribution in [2.75, 3.05) is 14.2 Å². The van der Waals surface area contributed by atoms with Gasteiger partial charge in [0, 0.05) is 11.6 Å². The van der Waals surface area contributed by atoms with Crippen LogP contribution in [0.5, 0.6) is 11.5 Å². The van der Waals surface area contributed by atoms with Gasteiger partial charge in [0.15, 0.2) is 11.5 Å². The second-order valence-electron chi connectivity index (χ2n) is 3.55. The number of nitrogens with two attached hydrogens (primary N) is 1. The quantitative estimate of drug-likeness (QED) is 0.938. The molecule has 6 heteroatoms. The van der Waals surface area contributed by atoms with Crippen molar-refractivity contribution in [1.29, 1.82) is 0 Å². The van der Waals surface area contributed by atoms with Gasteiger partial charge in [0.2, 0.25) is 0 Å². The molecular formula is C12H13ClN2O2S. The Morgan fingerprint density at radius 3 is 2.67 bits per heavy atom. The van der Waals surface area contributed by atoms with Crippen molar-refractivity contribution in [1.82, 2.24) is 4.98 Å². The molecule has 2 rings (SSSR count). The van der Waals surface area contributed by atoms with E-state index in [2.05, 4.69) is 4.98 Å². The van der Waals surface area contributed by atoms with Crippen molar-refractivity contribution >= 4 is 22.9 Å². The number of benzene rings is 1. The number of nitrogens with zero attached hydrogens (tertiary/aromatic N) is 1. The van der Waals surface area contributed by atoms with Crippen molar-refractivity contribution in [2.24, 2.45) is 5.73 Å². The lowest BCUT2D eigenvalue weighted by Crippen LogP contribution is -2.12. The molecule has 1 heterocycles. The third-order valence-corrected chi connectivity index (χ3v) is 3.82. The Hall–Kier alpha value is -1.30. The molecule has 0 radical (unpaired) electrons. The van der Waals surface area contributed by atoms with Gasteiger partial charge in [-0.2, -0.15) is 0 Å². The zero-order valence-corrected chi connectivity index (χ0v) is 11.6. The smallest absolute Gasteiger partial charge is 0.179 e. The predicted octanol–water partition coefficient (Wildman–Crippen LogP) is 2.86. The molecule has 0 aliphatic carbocycles. The van der Waals surface area contributed by atoms with Gasteiger partial charge in [-0.1, -0.05) is 17.7 Å². The molecule has 1 aromatic heterocycles. The SMILES string of the molecule is COc1ccc(C(N)c2nccs2)c(Cl)c1OC. The highest BCUT2D eigenvalue weighted by Gasteiger charge is 2.20. The third kappa shape index (κ3) is 2.29. The molecule has 0 spiro atoms. The molecule has 0 aliphatic heterocycles. The Morgan fingerprint density at radius 2 is 2.11 bits per heavy atom. The van der Waals surface area contributed by atoms with E-state index in [1.165, 1.54) is 11.3 Å². The average molecular weight is 285 g/mol. The molecule has 18 heavy (non-hydrogen) atoms. The van der Waals surface area contributed by atoms with Gasteiger partial charge in [0.1, 0.15) is 5.01 Å². The maximum absolute atomic E-state index is 6.30. The minimum atomic E-state index is -0.364. The van der Waals surface area contributed by atoms with E-state index in [4.69, 9.17) is 26.8 Å². The molecule has 1 unspecified atom stereocenters. The largest absolute Gasteiger partial charge is 0.493 e. The number of rotatable bonds is 4. The Morgan fingerprint density at radius 1 is 1.33 bits per heavy atom. The van der Waals surface area contributed by atoms with Gasteiger partial charge in [0.25, 0.3) is 0 Å². The number of hydrogen-bond donors (Lipinski definition) is 1.